The summed E-state index contributed by atoms with van der Waals surface area (Å²) >= 11 is 0. The van der Waals surface area contributed by atoms with E-state index in [1.165, 1.54) is 4.31 Å². The van der Waals surface area contributed by atoms with Crippen LogP contribution in [0.15, 0.2) is 23.1 Å². The number of aromatic amines is 1. The Kier molecular flexibility index (Phi) is 7.22. The monoisotopic (exact) mass is 450 g/mol. The highest BCUT2D eigenvalue weighted by Crippen LogP contribution is 2.28. The van der Waals surface area contributed by atoms with Crippen molar-refractivity contribution in [2.24, 2.45) is 0 Å². The molecule has 10 heteroatoms. The molecule has 2 aromatic rings. The maximum Gasteiger partial charge on any atom is 0.246 e. The second kappa shape index (κ2) is 9.69. The van der Waals surface area contributed by atoms with Crippen molar-refractivity contribution in [1.82, 2.24) is 19.8 Å². The van der Waals surface area contributed by atoms with Crippen LogP contribution >= 0.6 is 0 Å². The van der Waals surface area contributed by atoms with Crippen LogP contribution in [0.2, 0.25) is 0 Å². The molecule has 9 nitrogen and oxygen atoms in total. The van der Waals surface area contributed by atoms with Gasteiger partial charge in [0.05, 0.1) is 25.6 Å². The first-order valence-electron chi connectivity index (χ1n) is 10.3. The highest BCUT2D eigenvalue weighted by Gasteiger charge is 2.33. The Balaban J connectivity index is 1.50. The molecule has 0 bridgehead atoms. The van der Waals surface area contributed by atoms with Crippen molar-refractivity contribution >= 4 is 15.9 Å². The van der Waals surface area contributed by atoms with Gasteiger partial charge in [-0.3, -0.25) is 9.89 Å². The fourth-order valence-electron chi connectivity index (χ4n) is 3.88. The molecule has 1 aliphatic heterocycles. The predicted octanol–water partition coefficient (Wildman–Crippen LogP) is 1.95. The van der Waals surface area contributed by atoms with Crippen molar-refractivity contribution in [1.29, 1.82) is 0 Å². The Labute approximate surface area is 183 Å². The van der Waals surface area contributed by atoms with Crippen LogP contribution in [0.5, 0.6) is 11.5 Å². The summed E-state index contributed by atoms with van der Waals surface area (Å²) < 4.78 is 37.9. The van der Waals surface area contributed by atoms with Crippen LogP contribution in [0.1, 0.15) is 36.2 Å². The Morgan fingerprint density at radius 3 is 2.45 bits per heavy atom. The topological polar surface area (TPSA) is 114 Å². The molecule has 0 unspecified atom stereocenters. The van der Waals surface area contributed by atoms with E-state index in [-0.39, 0.29) is 16.8 Å². The molecule has 1 fully saturated rings. The molecular weight excluding hydrogens is 420 g/mol. The number of carbonyl (C=O) groups is 1. The van der Waals surface area contributed by atoms with E-state index in [1.54, 1.807) is 28.1 Å². The molecule has 0 aliphatic carbocycles. The number of aryl methyl sites for hydroxylation is 3. The number of ether oxygens (including phenoxy) is 2. The number of piperidine rings is 1. The number of hydrogen-bond donors (Lipinski definition) is 2. The van der Waals surface area contributed by atoms with E-state index in [0.717, 1.165) is 5.56 Å². The van der Waals surface area contributed by atoms with Gasteiger partial charge in [0.15, 0.2) is 11.5 Å². The number of methoxy groups -OCH3 is 2. The molecule has 0 radical (unpaired) electrons. The minimum Gasteiger partial charge on any atom is -0.493 e. The maximum absolute atomic E-state index is 12.9. The zero-order chi connectivity index (χ0) is 22.6. The lowest BCUT2D eigenvalue weighted by Gasteiger charge is -2.31. The van der Waals surface area contributed by atoms with Crippen molar-refractivity contribution < 1.29 is 22.7 Å². The van der Waals surface area contributed by atoms with Gasteiger partial charge in [-0.2, -0.15) is 9.40 Å². The molecule has 1 aromatic heterocycles. The second-order valence-electron chi connectivity index (χ2n) is 7.70. The smallest absolute Gasteiger partial charge is 0.246 e. The van der Waals surface area contributed by atoms with E-state index in [9.17, 15) is 13.2 Å². The van der Waals surface area contributed by atoms with Gasteiger partial charge in [0.25, 0.3) is 0 Å². The zero-order valence-corrected chi connectivity index (χ0v) is 19.2. The summed E-state index contributed by atoms with van der Waals surface area (Å²) in [4.78, 5) is 12.7. The van der Waals surface area contributed by atoms with E-state index in [0.29, 0.717) is 61.7 Å². The second-order valence-corrected chi connectivity index (χ2v) is 9.57. The van der Waals surface area contributed by atoms with E-state index in [1.807, 2.05) is 18.2 Å². The van der Waals surface area contributed by atoms with Crippen molar-refractivity contribution in [3.8, 4) is 11.5 Å². The Bertz CT molecular complexity index is 1010. The number of amides is 1. The molecule has 0 spiro atoms. The fraction of sp³-hybridized carbons (Fsp3) is 0.524. The molecule has 2 heterocycles. The standard InChI is InChI=1S/C21H30N4O5S/c1-14-21(15(2)24-23-14)31(27,28)25-11-9-17(10-12-25)22-20(26)8-6-16-5-7-18(29-3)19(13-16)30-4/h5,7,13,17H,6,8-12H2,1-4H3,(H,22,26)(H,23,24). The van der Waals surface area contributed by atoms with Crippen molar-refractivity contribution in [2.75, 3.05) is 27.3 Å². The van der Waals surface area contributed by atoms with Gasteiger partial charge in [-0.1, -0.05) is 6.07 Å². The first kappa shape index (κ1) is 23.1. The number of nitrogens with zero attached hydrogens (tertiary/aromatic N) is 2. The van der Waals surface area contributed by atoms with Gasteiger partial charge in [-0.05, 0) is 50.8 Å². The minimum atomic E-state index is -3.59. The first-order chi connectivity index (χ1) is 14.8. The number of H-pyrrole nitrogens is 1. The molecule has 1 amide bonds. The van der Waals surface area contributed by atoms with E-state index < -0.39 is 10.0 Å². The van der Waals surface area contributed by atoms with Crippen LogP contribution in [-0.2, 0) is 21.2 Å². The predicted molar refractivity (Wildman–Crippen MR) is 116 cm³/mol. The zero-order valence-electron chi connectivity index (χ0n) is 18.4. The summed E-state index contributed by atoms with van der Waals surface area (Å²) in [6.07, 6.45) is 2.09. The molecule has 31 heavy (non-hydrogen) atoms. The lowest BCUT2D eigenvalue weighted by Crippen LogP contribution is -2.46. The van der Waals surface area contributed by atoms with Crippen LogP contribution in [0.3, 0.4) is 0 Å². The summed E-state index contributed by atoms with van der Waals surface area (Å²) in [5.74, 6) is 1.24. The van der Waals surface area contributed by atoms with Crippen molar-refractivity contribution in [3.05, 3.63) is 35.2 Å². The van der Waals surface area contributed by atoms with Crippen molar-refractivity contribution in [3.63, 3.8) is 0 Å². The highest BCUT2D eigenvalue weighted by molar-refractivity contribution is 7.89. The number of sulfonamides is 1. The lowest BCUT2D eigenvalue weighted by molar-refractivity contribution is -0.122. The van der Waals surface area contributed by atoms with Crippen LogP contribution in [-0.4, -0.2) is 62.2 Å². The SMILES string of the molecule is COc1ccc(CCC(=O)NC2CCN(S(=O)(=O)c3c(C)n[nH]c3C)CC2)cc1OC. The average Bonchev–Trinajstić information content (AvgIpc) is 3.11. The van der Waals surface area contributed by atoms with Gasteiger partial charge >= 0.3 is 0 Å². The van der Waals surface area contributed by atoms with Gasteiger partial charge in [0.1, 0.15) is 4.90 Å². The third kappa shape index (κ3) is 5.19. The summed E-state index contributed by atoms with van der Waals surface area (Å²) in [6, 6.07) is 5.58. The van der Waals surface area contributed by atoms with E-state index in [4.69, 9.17) is 9.47 Å². The maximum atomic E-state index is 12.9. The highest BCUT2D eigenvalue weighted by atomic mass is 32.2. The molecule has 0 saturated carbocycles. The third-order valence-corrected chi connectivity index (χ3v) is 7.73. The molecule has 3 rings (SSSR count). The van der Waals surface area contributed by atoms with Crippen molar-refractivity contribution in [2.45, 2.75) is 50.5 Å². The number of hydrogen-bond acceptors (Lipinski definition) is 6. The first-order valence-corrected chi connectivity index (χ1v) is 11.7. The summed E-state index contributed by atoms with van der Waals surface area (Å²) in [7, 11) is -0.424. The van der Waals surface area contributed by atoms with Gasteiger partial charge in [-0.15, -0.1) is 0 Å². The molecule has 1 saturated heterocycles. The van der Waals surface area contributed by atoms with Crippen LogP contribution < -0.4 is 14.8 Å². The van der Waals surface area contributed by atoms with E-state index in [2.05, 4.69) is 15.5 Å². The number of benzene rings is 1. The lowest BCUT2D eigenvalue weighted by atomic mass is 10.1. The Morgan fingerprint density at radius 1 is 1.19 bits per heavy atom. The average molecular weight is 451 g/mol. The molecular formula is C21H30N4O5S. The third-order valence-electron chi connectivity index (χ3n) is 5.57. The summed E-state index contributed by atoms with van der Waals surface area (Å²) in [5, 5.41) is 9.76. The Morgan fingerprint density at radius 2 is 1.87 bits per heavy atom. The van der Waals surface area contributed by atoms with Gasteiger partial charge in [-0.25, -0.2) is 8.42 Å². The number of nitrogens with one attached hydrogen (secondary N) is 2. The minimum absolute atomic E-state index is 0.0316. The largest absolute Gasteiger partial charge is 0.493 e. The number of rotatable bonds is 8. The van der Waals surface area contributed by atoms with Gasteiger partial charge < -0.3 is 14.8 Å². The Hall–Kier alpha value is -2.59. The molecule has 0 atom stereocenters. The quantitative estimate of drug-likeness (QED) is 0.635. The molecule has 170 valence electrons. The molecule has 1 aliphatic rings. The summed E-state index contributed by atoms with van der Waals surface area (Å²) in [6.45, 7) is 4.13. The van der Waals surface area contributed by atoms with Crippen LogP contribution in [0.25, 0.3) is 0 Å². The fourth-order valence-corrected chi connectivity index (χ4v) is 5.69. The van der Waals surface area contributed by atoms with E-state index >= 15 is 0 Å². The van der Waals surface area contributed by atoms with Gasteiger partial charge in [0, 0.05) is 25.6 Å². The van der Waals surface area contributed by atoms with Crippen LogP contribution in [0, 0.1) is 13.8 Å². The number of carbonyl (C=O) groups excluding carboxylic acids is 1. The van der Waals surface area contributed by atoms with Crippen LogP contribution in [0.4, 0.5) is 0 Å². The summed E-state index contributed by atoms with van der Waals surface area (Å²) in [5.41, 5.74) is 2.01. The number of aromatic nitrogens is 2. The molecule has 1 aromatic carbocycles. The van der Waals surface area contributed by atoms with Gasteiger partial charge in [0.2, 0.25) is 15.9 Å². The normalized spacial score (nSPS) is 15.6. The molecule has 2 N–H and O–H groups in total.